The molecule has 0 unspecified atom stereocenters. The van der Waals surface area contributed by atoms with E-state index >= 15 is 0 Å². The molecule has 0 saturated carbocycles. The van der Waals surface area contributed by atoms with Crippen LogP contribution in [0.5, 0.6) is 0 Å². The Morgan fingerprint density at radius 2 is 2.38 bits per heavy atom. The number of hydrogen-bond acceptors (Lipinski definition) is 3. The van der Waals surface area contributed by atoms with Crippen molar-refractivity contribution in [3.05, 3.63) is 12.7 Å². The highest BCUT2D eigenvalue weighted by Crippen LogP contribution is 1.70. The Morgan fingerprint density at radius 1 is 1.75 bits per heavy atom. The highest BCUT2D eigenvalue weighted by Gasteiger charge is 1.74. The van der Waals surface area contributed by atoms with E-state index < -0.39 is 0 Å². The van der Waals surface area contributed by atoms with Crippen LogP contribution in [0.15, 0.2) is 17.8 Å². The first kappa shape index (κ1) is 7.17. The van der Waals surface area contributed by atoms with Gasteiger partial charge in [-0.3, -0.25) is 0 Å². The average Bonchev–Trinajstić information content (AvgIpc) is 1.83. The molecular formula is C5H11N3. The Labute approximate surface area is 49.4 Å². The number of allylic oxidation sites excluding steroid dienone is 1. The molecule has 0 aromatic carbocycles. The minimum atomic E-state index is 0.861. The number of rotatable bonds is 3. The molecule has 0 aliphatic rings. The predicted molar refractivity (Wildman–Crippen MR) is 35.5 cm³/mol. The molecule has 0 saturated heterocycles. The topological polar surface area (TPSA) is 36.4 Å². The third kappa shape index (κ3) is 3.36. The Balaban J connectivity index is 3.40. The van der Waals surface area contributed by atoms with Gasteiger partial charge in [-0.25, -0.2) is 11.0 Å². The number of nitrogens with one attached hydrogen (secondary N) is 2. The van der Waals surface area contributed by atoms with Gasteiger partial charge in [-0.1, -0.05) is 6.58 Å². The van der Waals surface area contributed by atoms with Gasteiger partial charge in [-0.05, 0) is 13.0 Å². The number of hydrazone groups is 1. The Bertz CT molecular complexity index is 95.8. The summed E-state index contributed by atoms with van der Waals surface area (Å²) in [6.45, 7) is 5.37. The van der Waals surface area contributed by atoms with Gasteiger partial charge in [0.25, 0.3) is 0 Å². The van der Waals surface area contributed by atoms with E-state index in [0.717, 1.165) is 5.71 Å². The van der Waals surface area contributed by atoms with Crippen LogP contribution in [0.3, 0.4) is 0 Å². The highest BCUT2D eigenvalue weighted by molar-refractivity contribution is 5.91. The summed E-state index contributed by atoms with van der Waals surface area (Å²) in [5.74, 6) is 0. The van der Waals surface area contributed by atoms with Crippen molar-refractivity contribution < 1.29 is 0 Å². The summed E-state index contributed by atoms with van der Waals surface area (Å²) in [4.78, 5) is 0. The van der Waals surface area contributed by atoms with Crippen molar-refractivity contribution in [2.24, 2.45) is 5.10 Å². The second kappa shape index (κ2) is 4.33. The fourth-order valence-corrected chi connectivity index (χ4v) is 0.190. The minimum Gasteiger partial charge on any atom is -0.243 e. The van der Waals surface area contributed by atoms with Gasteiger partial charge in [0.15, 0.2) is 0 Å². The number of hydrogen-bond donors (Lipinski definition) is 2. The molecule has 2 N–H and O–H groups in total. The SMILES string of the molecule is C=C/C(C)=N\NNC. The molecule has 8 heavy (non-hydrogen) atoms. The standard InChI is InChI=1S/C5H11N3/c1-4-5(2)7-8-6-3/h4,6,8H,1H2,2-3H3/b7-5-. The summed E-state index contributed by atoms with van der Waals surface area (Å²) in [6.07, 6.45) is 1.67. The van der Waals surface area contributed by atoms with E-state index in [-0.39, 0.29) is 0 Å². The van der Waals surface area contributed by atoms with Crippen molar-refractivity contribution in [2.75, 3.05) is 7.05 Å². The molecule has 0 aromatic heterocycles. The molecule has 0 aromatic rings. The van der Waals surface area contributed by atoms with Gasteiger partial charge in [0.2, 0.25) is 0 Å². The van der Waals surface area contributed by atoms with Crippen molar-refractivity contribution in [3.8, 4) is 0 Å². The van der Waals surface area contributed by atoms with Crippen molar-refractivity contribution in [1.82, 2.24) is 11.0 Å². The average molecular weight is 113 g/mol. The van der Waals surface area contributed by atoms with Crippen molar-refractivity contribution in [2.45, 2.75) is 6.92 Å². The summed E-state index contributed by atoms with van der Waals surface area (Å²) >= 11 is 0. The summed E-state index contributed by atoms with van der Waals surface area (Å²) in [6, 6.07) is 0. The second-order valence-corrected chi connectivity index (χ2v) is 1.32. The molecule has 0 aliphatic heterocycles. The van der Waals surface area contributed by atoms with E-state index in [1.807, 2.05) is 6.92 Å². The van der Waals surface area contributed by atoms with E-state index in [1.54, 1.807) is 13.1 Å². The van der Waals surface area contributed by atoms with Crippen LogP contribution in [0, 0.1) is 0 Å². The maximum atomic E-state index is 3.80. The molecule has 46 valence electrons. The van der Waals surface area contributed by atoms with Crippen LogP contribution >= 0.6 is 0 Å². The lowest BCUT2D eigenvalue weighted by atomic mass is 10.4. The van der Waals surface area contributed by atoms with Gasteiger partial charge in [0, 0.05) is 7.05 Å². The molecule has 0 spiro atoms. The van der Waals surface area contributed by atoms with Crippen LogP contribution < -0.4 is 11.0 Å². The lowest BCUT2D eigenvalue weighted by molar-refractivity contribution is 0.633. The molecule has 0 heterocycles. The predicted octanol–water partition coefficient (Wildman–Crippen LogP) is 0.272. The minimum absolute atomic E-state index is 0.861. The van der Waals surface area contributed by atoms with Crippen LogP contribution in [0.4, 0.5) is 0 Å². The lowest BCUT2D eigenvalue weighted by Gasteiger charge is -1.93. The smallest absolute Gasteiger partial charge is 0.0581 e. The molecule has 0 amide bonds. The zero-order chi connectivity index (χ0) is 6.41. The van der Waals surface area contributed by atoms with Crippen LogP contribution in [0.1, 0.15) is 6.92 Å². The highest BCUT2D eigenvalue weighted by atomic mass is 15.5. The van der Waals surface area contributed by atoms with Crippen LogP contribution in [-0.2, 0) is 0 Å². The molecule has 0 aliphatic carbocycles. The Morgan fingerprint density at radius 3 is 2.75 bits per heavy atom. The molecule has 0 atom stereocenters. The Hall–Kier alpha value is -0.830. The van der Waals surface area contributed by atoms with Crippen molar-refractivity contribution >= 4 is 5.71 Å². The first-order chi connectivity index (χ1) is 3.81. The molecule has 0 radical (unpaired) electrons. The maximum absolute atomic E-state index is 3.80. The zero-order valence-corrected chi connectivity index (χ0v) is 5.23. The van der Waals surface area contributed by atoms with Crippen molar-refractivity contribution in [3.63, 3.8) is 0 Å². The quantitative estimate of drug-likeness (QED) is 0.407. The van der Waals surface area contributed by atoms with Gasteiger partial charge in [0.05, 0.1) is 5.71 Å². The van der Waals surface area contributed by atoms with Crippen molar-refractivity contribution in [1.29, 1.82) is 0 Å². The van der Waals surface area contributed by atoms with Crippen LogP contribution in [0.25, 0.3) is 0 Å². The van der Waals surface area contributed by atoms with Gasteiger partial charge in [0.1, 0.15) is 0 Å². The summed E-state index contributed by atoms with van der Waals surface area (Å²) < 4.78 is 0. The largest absolute Gasteiger partial charge is 0.243 e. The monoisotopic (exact) mass is 113 g/mol. The van der Waals surface area contributed by atoms with E-state index in [9.17, 15) is 0 Å². The maximum Gasteiger partial charge on any atom is 0.0581 e. The van der Waals surface area contributed by atoms with E-state index in [0.29, 0.717) is 0 Å². The van der Waals surface area contributed by atoms with Gasteiger partial charge < -0.3 is 0 Å². The van der Waals surface area contributed by atoms with Gasteiger partial charge >= 0.3 is 0 Å². The molecular weight excluding hydrogens is 102 g/mol. The Kier molecular flexibility index (Phi) is 3.88. The van der Waals surface area contributed by atoms with E-state index in [1.165, 1.54) is 0 Å². The number of hydrazine groups is 1. The summed E-state index contributed by atoms with van der Waals surface area (Å²) in [7, 11) is 1.75. The summed E-state index contributed by atoms with van der Waals surface area (Å²) in [5, 5.41) is 3.80. The summed E-state index contributed by atoms with van der Waals surface area (Å²) in [5.41, 5.74) is 6.07. The molecule has 0 bridgehead atoms. The van der Waals surface area contributed by atoms with E-state index in [2.05, 4.69) is 22.6 Å². The lowest BCUT2D eigenvalue weighted by Crippen LogP contribution is -2.22. The van der Waals surface area contributed by atoms with Gasteiger partial charge in [-0.2, -0.15) is 5.10 Å². The third-order valence-corrected chi connectivity index (χ3v) is 0.639. The fraction of sp³-hybridized carbons (Fsp3) is 0.400. The number of nitrogens with zero attached hydrogens (tertiary/aromatic N) is 1. The van der Waals surface area contributed by atoms with Crippen LogP contribution in [-0.4, -0.2) is 12.8 Å². The molecule has 0 rings (SSSR count). The molecule has 3 heteroatoms. The molecule has 0 fully saturated rings. The normalized spacial score (nSPS) is 11.0. The third-order valence-electron chi connectivity index (χ3n) is 0.639. The molecule has 3 nitrogen and oxygen atoms in total. The fourth-order valence-electron chi connectivity index (χ4n) is 0.190. The van der Waals surface area contributed by atoms with Gasteiger partial charge in [-0.15, -0.1) is 0 Å². The van der Waals surface area contributed by atoms with Crippen LogP contribution in [0.2, 0.25) is 0 Å². The first-order valence-electron chi connectivity index (χ1n) is 2.39. The van der Waals surface area contributed by atoms with E-state index in [4.69, 9.17) is 0 Å². The first-order valence-corrected chi connectivity index (χ1v) is 2.39. The zero-order valence-electron chi connectivity index (χ0n) is 5.23. The second-order valence-electron chi connectivity index (χ2n) is 1.32.